The molecule has 0 unspecified atom stereocenters. The molecule has 2 aliphatic heterocycles. The highest BCUT2D eigenvalue weighted by molar-refractivity contribution is 6.13. The van der Waals surface area contributed by atoms with Crippen molar-refractivity contribution in [2.75, 3.05) is 18.4 Å². The van der Waals surface area contributed by atoms with Crippen LogP contribution >= 0.6 is 0 Å². The van der Waals surface area contributed by atoms with Crippen molar-refractivity contribution in [1.82, 2.24) is 5.32 Å². The number of para-hydroxylation sites is 1. The average Bonchev–Trinajstić information content (AvgIpc) is 2.54. The third-order valence-electron chi connectivity index (χ3n) is 3.44. The van der Waals surface area contributed by atoms with Crippen LogP contribution in [0.25, 0.3) is 0 Å². The van der Waals surface area contributed by atoms with E-state index in [9.17, 15) is 4.79 Å². The number of nitrogens with one attached hydrogen (secondary N) is 2. The van der Waals surface area contributed by atoms with E-state index < -0.39 is 0 Å². The fourth-order valence-corrected chi connectivity index (χ4v) is 2.57. The largest absolute Gasteiger partial charge is 0.372 e. The fraction of sp³-hybridized carbons (Fsp3) is 0.417. The van der Waals surface area contributed by atoms with E-state index in [1.54, 1.807) is 0 Å². The predicted octanol–water partition coefficient (Wildman–Crippen LogP) is 1.42. The molecule has 1 aromatic carbocycles. The van der Waals surface area contributed by atoms with E-state index in [2.05, 4.69) is 10.6 Å². The lowest BCUT2D eigenvalue weighted by Crippen LogP contribution is -2.50. The third-order valence-corrected chi connectivity index (χ3v) is 3.44. The zero-order valence-electron chi connectivity index (χ0n) is 8.55. The number of hydrogen-bond donors (Lipinski definition) is 2. The first-order chi connectivity index (χ1) is 7.32. The van der Waals surface area contributed by atoms with Gasteiger partial charge in [-0.25, -0.2) is 0 Å². The molecule has 0 bridgehead atoms. The number of benzene rings is 1. The lowest BCUT2D eigenvalue weighted by atomic mass is 9.84. The van der Waals surface area contributed by atoms with E-state index in [4.69, 9.17) is 0 Å². The van der Waals surface area contributed by atoms with E-state index in [-0.39, 0.29) is 11.3 Å². The van der Waals surface area contributed by atoms with Gasteiger partial charge in [-0.2, -0.15) is 0 Å². The Morgan fingerprint density at radius 1 is 1.13 bits per heavy atom. The number of fused-ring (bicyclic) bond motifs is 1. The van der Waals surface area contributed by atoms with Crippen molar-refractivity contribution in [2.24, 2.45) is 0 Å². The van der Waals surface area contributed by atoms with Crippen LogP contribution in [0.3, 0.4) is 0 Å². The zero-order chi connectivity index (χ0) is 10.3. The molecule has 0 amide bonds. The van der Waals surface area contributed by atoms with Gasteiger partial charge >= 0.3 is 0 Å². The predicted molar refractivity (Wildman–Crippen MR) is 59.2 cm³/mol. The maximum atomic E-state index is 12.3. The molecule has 2 heterocycles. The summed E-state index contributed by atoms with van der Waals surface area (Å²) in [5, 5.41) is 6.70. The molecule has 0 atom stereocenters. The molecule has 0 aliphatic carbocycles. The van der Waals surface area contributed by atoms with Gasteiger partial charge in [-0.1, -0.05) is 12.1 Å². The molecule has 2 aliphatic rings. The Morgan fingerprint density at radius 3 is 2.60 bits per heavy atom. The Morgan fingerprint density at radius 2 is 1.87 bits per heavy atom. The van der Waals surface area contributed by atoms with E-state index in [0.717, 1.165) is 37.2 Å². The van der Waals surface area contributed by atoms with Crippen molar-refractivity contribution in [1.29, 1.82) is 0 Å². The topological polar surface area (TPSA) is 41.1 Å². The second-order valence-corrected chi connectivity index (χ2v) is 4.33. The van der Waals surface area contributed by atoms with Crippen molar-refractivity contribution in [3.63, 3.8) is 0 Å². The summed E-state index contributed by atoms with van der Waals surface area (Å²) in [5.41, 5.74) is 1.55. The molecule has 1 saturated heterocycles. The molecular weight excluding hydrogens is 188 g/mol. The first-order valence-corrected chi connectivity index (χ1v) is 5.45. The van der Waals surface area contributed by atoms with Crippen LogP contribution in [0.4, 0.5) is 5.69 Å². The van der Waals surface area contributed by atoms with Crippen LogP contribution in [0.1, 0.15) is 23.2 Å². The summed E-state index contributed by atoms with van der Waals surface area (Å²) in [6.45, 7) is 1.85. The highest BCUT2D eigenvalue weighted by atomic mass is 16.1. The average molecular weight is 202 g/mol. The Hall–Kier alpha value is -1.35. The fourth-order valence-electron chi connectivity index (χ4n) is 2.57. The number of hydrogen-bond acceptors (Lipinski definition) is 3. The Labute approximate surface area is 88.9 Å². The van der Waals surface area contributed by atoms with Gasteiger partial charge in [-0.3, -0.25) is 4.79 Å². The van der Waals surface area contributed by atoms with Crippen molar-refractivity contribution in [3.05, 3.63) is 29.8 Å². The Bertz CT molecular complexity index is 408. The molecule has 3 nitrogen and oxygen atoms in total. The molecular formula is C12H14N2O. The number of piperidine rings is 1. The van der Waals surface area contributed by atoms with Gasteiger partial charge in [-0.05, 0) is 38.1 Å². The molecule has 0 radical (unpaired) electrons. The summed E-state index contributed by atoms with van der Waals surface area (Å²) in [6, 6.07) is 7.81. The second kappa shape index (κ2) is 3.07. The van der Waals surface area contributed by atoms with Gasteiger partial charge in [0.1, 0.15) is 5.54 Å². The molecule has 1 spiro atoms. The summed E-state index contributed by atoms with van der Waals surface area (Å²) in [5.74, 6) is 0.277. The van der Waals surface area contributed by atoms with Gasteiger partial charge in [0.15, 0.2) is 5.78 Å². The molecule has 2 N–H and O–H groups in total. The number of carbonyl (C=O) groups excluding carboxylic acids is 1. The van der Waals surface area contributed by atoms with Gasteiger partial charge in [0, 0.05) is 11.3 Å². The zero-order valence-corrected chi connectivity index (χ0v) is 8.55. The first-order valence-electron chi connectivity index (χ1n) is 5.45. The van der Waals surface area contributed by atoms with E-state index >= 15 is 0 Å². The van der Waals surface area contributed by atoms with Crippen LogP contribution in [0.2, 0.25) is 0 Å². The monoisotopic (exact) mass is 202 g/mol. The summed E-state index contributed by atoms with van der Waals surface area (Å²) in [6.07, 6.45) is 1.78. The first kappa shape index (κ1) is 8.92. The standard InChI is InChI=1S/C12H14N2O/c15-11-9-3-1-2-4-10(9)14-12(11)5-7-13-8-6-12/h1-4,13-14H,5-8H2. The van der Waals surface area contributed by atoms with Crippen LogP contribution in [0.5, 0.6) is 0 Å². The quantitative estimate of drug-likeness (QED) is 0.668. The number of rotatable bonds is 0. The molecule has 3 heteroatoms. The number of ketones is 1. The van der Waals surface area contributed by atoms with E-state index in [1.807, 2.05) is 24.3 Å². The Balaban J connectivity index is 2.01. The van der Waals surface area contributed by atoms with Crippen molar-refractivity contribution < 1.29 is 4.79 Å². The highest BCUT2D eigenvalue weighted by Crippen LogP contribution is 2.37. The van der Waals surface area contributed by atoms with Crippen molar-refractivity contribution in [2.45, 2.75) is 18.4 Å². The summed E-state index contributed by atoms with van der Waals surface area (Å²) in [7, 11) is 0. The third kappa shape index (κ3) is 1.20. The van der Waals surface area contributed by atoms with Crippen LogP contribution in [0, 0.1) is 0 Å². The number of anilines is 1. The number of carbonyl (C=O) groups is 1. The molecule has 15 heavy (non-hydrogen) atoms. The highest BCUT2D eigenvalue weighted by Gasteiger charge is 2.45. The second-order valence-electron chi connectivity index (χ2n) is 4.33. The normalized spacial score (nSPS) is 22.5. The number of Topliss-reactive ketones (excluding diaryl/α,β-unsaturated/α-hetero) is 1. The maximum absolute atomic E-state index is 12.3. The van der Waals surface area contributed by atoms with E-state index in [1.165, 1.54) is 0 Å². The maximum Gasteiger partial charge on any atom is 0.190 e. The molecule has 1 aromatic rings. The molecule has 0 aromatic heterocycles. The van der Waals surface area contributed by atoms with Gasteiger partial charge < -0.3 is 10.6 Å². The van der Waals surface area contributed by atoms with Gasteiger partial charge in [-0.15, -0.1) is 0 Å². The SMILES string of the molecule is O=C1c2ccccc2NC12CCNCC2. The van der Waals surface area contributed by atoms with Gasteiger partial charge in [0.05, 0.1) is 0 Å². The minimum atomic E-state index is -0.311. The van der Waals surface area contributed by atoms with Crippen LogP contribution in [-0.2, 0) is 0 Å². The Kier molecular flexibility index (Phi) is 1.83. The summed E-state index contributed by atoms with van der Waals surface area (Å²) >= 11 is 0. The minimum Gasteiger partial charge on any atom is -0.372 e. The lowest BCUT2D eigenvalue weighted by molar-refractivity contribution is 0.0892. The van der Waals surface area contributed by atoms with Crippen molar-refractivity contribution in [3.8, 4) is 0 Å². The summed E-state index contributed by atoms with van der Waals surface area (Å²) in [4.78, 5) is 12.3. The summed E-state index contributed by atoms with van der Waals surface area (Å²) < 4.78 is 0. The van der Waals surface area contributed by atoms with E-state index in [0.29, 0.717) is 0 Å². The van der Waals surface area contributed by atoms with Gasteiger partial charge in [0.25, 0.3) is 0 Å². The van der Waals surface area contributed by atoms with Crippen LogP contribution in [0.15, 0.2) is 24.3 Å². The molecule has 3 rings (SSSR count). The van der Waals surface area contributed by atoms with Gasteiger partial charge in [0.2, 0.25) is 0 Å². The molecule has 1 fully saturated rings. The van der Waals surface area contributed by atoms with Crippen molar-refractivity contribution >= 4 is 11.5 Å². The van der Waals surface area contributed by atoms with Crippen LogP contribution in [-0.4, -0.2) is 24.4 Å². The van der Waals surface area contributed by atoms with Crippen LogP contribution < -0.4 is 10.6 Å². The minimum absolute atomic E-state index is 0.277. The smallest absolute Gasteiger partial charge is 0.190 e. The molecule has 78 valence electrons. The lowest BCUT2D eigenvalue weighted by Gasteiger charge is -2.32. The molecule has 0 saturated carbocycles.